The first kappa shape index (κ1) is 20.2. The minimum Gasteiger partial charge on any atom is -0.373 e. The number of hydrogen-bond donors (Lipinski definition) is 3. The molecule has 0 saturated carbocycles. The summed E-state index contributed by atoms with van der Waals surface area (Å²) in [6.45, 7) is 1.60. The van der Waals surface area contributed by atoms with Crippen LogP contribution in [0.5, 0.6) is 0 Å². The molecule has 0 aromatic heterocycles. The molecule has 10 heteroatoms. The maximum Gasteiger partial charge on any atom is 0.306 e. The zero-order valence-electron chi connectivity index (χ0n) is 14.3. The van der Waals surface area contributed by atoms with Gasteiger partial charge < -0.3 is 16.4 Å². The van der Waals surface area contributed by atoms with Crippen LogP contribution in [0.2, 0.25) is 0 Å². The second-order valence-electron chi connectivity index (χ2n) is 5.53. The highest BCUT2D eigenvalue weighted by atomic mass is 32.2. The van der Waals surface area contributed by atoms with Gasteiger partial charge in [0, 0.05) is 22.3 Å². The Morgan fingerprint density at radius 3 is 2.67 bits per heavy atom. The summed E-state index contributed by atoms with van der Waals surface area (Å²) in [6.07, 6.45) is 0. The molecule has 2 amide bonds. The highest BCUT2D eigenvalue weighted by Crippen LogP contribution is 2.27. The molecule has 8 nitrogen and oxygen atoms in total. The van der Waals surface area contributed by atoms with Crippen molar-refractivity contribution in [3.8, 4) is 0 Å². The van der Waals surface area contributed by atoms with Gasteiger partial charge in [-0.1, -0.05) is 12.1 Å². The van der Waals surface area contributed by atoms with E-state index in [1.165, 1.54) is 17.8 Å². The molecule has 0 radical (unpaired) electrons. The number of carbonyl (C=O) groups excluding carboxylic acids is 2. The number of primary amides is 1. The highest BCUT2D eigenvalue weighted by Gasteiger charge is 2.18. The second kappa shape index (κ2) is 8.99. The second-order valence-corrected chi connectivity index (χ2v) is 6.55. The molecule has 0 aliphatic carbocycles. The molecule has 0 aliphatic heterocycles. The van der Waals surface area contributed by atoms with Gasteiger partial charge in [-0.15, -0.1) is 11.8 Å². The van der Waals surface area contributed by atoms with E-state index in [2.05, 4.69) is 10.6 Å². The van der Waals surface area contributed by atoms with Crippen molar-refractivity contribution in [3.05, 3.63) is 58.4 Å². The average molecular weight is 392 g/mol. The van der Waals surface area contributed by atoms with Crippen LogP contribution in [0.1, 0.15) is 6.92 Å². The van der Waals surface area contributed by atoms with Crippen molar-refractivity contribution in [2.24, 2.45) is 5.73 Å². The molecule has 0 spiro atoms. The lowest BCUT2D eigenvalue weighted by Gasteiger charge is -2.17. The first-order valence-electron chi connectivity index (χ1n) is 7.79. The Hall–Kier alpha value is -3.14. The fraction of sp³-hybridized carbons (Fsp3) is 0.176. The summed E-state index contributed by atoms with van der Waals surface area (Å²) in [4.78, 5) is 34.0. The molecule has 0 aliphatic rings. The number of nitrogens with one attached hydrogen (secondary N) is 2. The Kier molecular flexibility index (Phi) is 6.72. The number of rotatable bonds is 8. The molecule has 0 heterocycles. The topological polar surface area (TPSA) is 127 Å². The van der Waals surface area contributed by atoms with Crippen LogP contribution in [0.4, 0.5) is 21.5 Å². The normalized spacial score (nSPS) is 11.5. The Bertz CT molecular complexity index is 878. The quantitative estimate of drug-likeness (QED) is 0.360. The molecule has 2 rings (SSSR count). The van der Waals surface area contributed by atoms with E-state index in [-0.39, 0.29) is 11.4 Å². The largest absolute Gasteiger partial charge is 0.373 e. The van der Waals surface area contributed by atoms with Gasteiger partial charge in [-0.25, -0.2) is 0 Å². The number of halogens is 1. The maximum atomic E-state index is 13.4. The van der Waals surface area contributed by atoms with Crippen LogP contribution in [-0.2, 0) is 9.59 Å². The van der Waals surface area contributed by atoms with Crippen molar-refractivity contribution < 1.29 is 18.9 Å². The monoisotopic (exact) mass is 392 g/mol. The number of para-hydroxylation sites is 1. The summed E-state index contributed by atoms with van der Waals surface area (Å²) in [5.41, 5.74) is 5.18. The fourth-order valence-electron chi connectivity index (χ4n) is 2.14. The molecule has 2 aromatic rings. The maximum absolute atomic E-state index is 13.4. The van der Waals surface area contributed by atoms with E-state index in [4.69, 9.17) is 5.73 Å². The van der Waals surface area contributed by atoms with Gasteiger partial charge in [-0.05, 0) is 31.2 Å². The molecule has 0 saturated heterocycles. The number of hydrogen-bond acceptors (Lipinski definition) is 6. The molecule has 2 aromatic carbocycles. The Labute approximate surface area is 158 Å². The number of carbonyl (C=O) groups is 2. The van der Waals surface area contributed by atoms with Crippen molar-refractivity contribution >= 4 is 40.6 Å². The first-order valence-corrected chi connectivity index (χ1v) is 8.78. The lowest BCUT2D eigenvalue weighted by molar-refractivity contribution is -0.387. The number of benzene rings is 2. The summed E-state index contributed by atoms with van der Waals surface area (Å²) in [6, 6.07) is 9.49. The Morgan fingerprint density at radius 1 is 1.30 bits per heavy atom. The van der Waals surface area contributed by atoms with Gasteiger partial charge in [0.15, 0.2) is 0 Å². The third kappa shape index (κ3) is 5.68. The van der Waals surface area contributed by atoms with Crippen molar-refractivity contribution in [1.82, 2.24) is 0 Å². The molecular formula is C17H17FN4O4S. The van der Waals surface area contributed by atoms with E-state index in [0.29, 0.717) is 5.69 Å². The van der Waals surface area contributed by atoms with Gasteiger partial charge in [0.1, 0.15) is 6.04 Å². The van der Waals surface area contributed by atoms with Crippen LogP contribution in [0.3, 0.4) is 0 Å². The smallest absolute Gasteiger partial charge is 0.306 e. The van der Waals surface area contributed by atoms with E-state index in [9.17, 15) is 24.1 Å². The van der Waals surface area contributed by atoms with Gasteiger partial charge in [0.2, 0.25) is 17.6 Å². The lowest BCUT2D eigenvalue weighted by Crippen LogP contribution is -2.32. The van der Waals surface area contributed by atoms with Crippen molar-refractivity contribution in [2.45, 2.75) is 17.9 Å². The number of thioether (sulfide) groups is 1. The van der Waals surface area contributed by atoms with Gasteiger partial charge in [-0.2, -0.15) is 4.39 Å². The van der Waals surface area contributed by atoms with Crippen molar-refractivity contribution in [3.63, 3.8) is 0 Å². The van der Waals surface area contributed by atoms with Crippen LogP contribution in [0, 0.1) is 15.9 Å². The lowest BCUT2D eigenvalue weighted by atomic mass is 10.2. The third-order valence-corrected chi connectivity index (χ3v) is 4.53. The zero-order valence-corrected chi connectivity index (χ0v) is 15.1. The highest BCUT2D eigenvalue weighted by molar-refractivity contribution is 8.00. The molecule has 1 atom stereocenters. The predicted molar refractivity (Wildman–Crippen MR) is 101 cm³/mol. The van der Waals surface area contributed by atoms with E-state index in [1.807, 2.05) is 0 Å². The number of nitrogens with zero attached hydrogens (tertiary/aromatic N) is 1. The summed E-state index contributed by atoms with van der Waals surface area (Å²) in [7, 11) is 0. The molecule has 0 bridgehead atoms. The first-order chi connectivity index (χ1) is 12.8. The van der Waals surface area contributed by atoms with E-state index < -0.39 is 34.3 Å². The zero-order chi connectivity index (χ0) is 20.0. The summed E-state index contributed by atoms with van der Waals surface area (Å²) < 4.78 is 13.4. The molecule has 142 valence electrons. The summed E-state index contributed by atoms with van der Waals surface area (Å²) in [5.74, 6) is -1.81. The Morgan fingerprint density at radius 2 is 2.00 bits per heavy atom. The number of anilines is 2. The van der Waals surface area contributed by atoms with Crippen molar-refractivity contribution in [2.75, 3.05) is 16.4 Å². The van der Waals surface area contributed by atoms with Gasteiger partial charge >= 0.3 is 5.69 Å². The van der Waals surface area contributed by atoms with Crippen LogP contribution in [0.25, 0.3) is 0 Å². The molecule has 27 heavy (non-hydrogen) atoms. The van der Waals surface area contributed by atoms with E-state index in [0.717, 1.165) is 17.0 Å². The standard InChI is InChI=1S/C17H17FN4O4S/c1-10(20-13-4-2-3-5-15(13)27-9-16(19)23)17(24)21-11-6-7-12(18)14(8-11)22(25)26/h2-8,10,20H,9H2,1H3,(H2,19,23)(H,21,24)/t10-/m1/s1. The molecule has 0 unspecified atom stereocenters. The van der Waals surface area contributed by atoms with Gasteiger partial charge in [-0.3, -0.25) is 19.7 Å². The van der Waals surface area contributed by atoms with Gasteiger partial charge in [0.25, 0.3) is 0 Å². The number of amides is 2. The Balaban J connectivity index is 2.07. The average Bonchev–Trinajstić information content (AvgIpc) is 2.62. The summed E-state index contributed by atoms with van der Waals surface area (Å²) in [5, 5.41) is 16.3. The molecule has 4 N–H and O–H groups in total. The fourth-order valence-corrected chi connectivity index (χ4v) is 2.90. The molecule has 0 fully saturated rings. The SMILES string of the molecule is C[C@@H](Nc1ccccc1SCC(N)=O)C(=O)Nc1ccc(F)c([N+](=O)[O-])c1. The minimum atomic E-state index is -0.982. The van der Waals surface area contributed by atoms with E-state index in [1.54, 1.807) is 31.2 Å². The van der Waals surface area contributed by atoms with E-state index >= 15 is 0 Å². The number of nitro groups is 1. The van der Waals surface area contributed by atoms with Gasteiger partial charge in [0.05, 0.1) is 10.7 Å². The number of nitrogens with two attached hydrogens (primary N) is 1. The van der Waals surface area contributed by atoms with Crippen molar-refractivity contribution in [1.29, 1.82) is 0 Å². The molecular weight excluding hydrogens is 375 g/mol. The predicted octanol–water partition coefficient (Wildman–Crippen LogP) is 2.75. The van der Waals surface area contributed by atoms with Crippen LogP contribution < -0.4 is 16.4 Å². The summed E-state index contributed by atoms with van der Waals surface area (Å²) >= 11 is 1.23. The van der Waals surface area contributed by atoms with Crippen LogP contribution in [0.15, 0.2) is 47.4 Å². The van der Waals surface area contributed by atoms with Crippen LogP contribution >= 0.6 is 11.8 Å². The third-order valence-electron chi connectivity index (χ3n) is 3.43. The minimum absolute atomic E-state index is 0.0958. The number of nitro benzene ring substituents is 1. The van der Waals surface area contributed by atoms with Crippen LogP contribution in [-0.4, -0.2) is 28.5 Å².